The molecule has 1 aliphatic carbocycles. The number of benzene rings is 1. The summed E-state index contributed by atoms with van der Waals surface area (Å²) in [7, 11) is 0. The summed E-state index contributed by atoms with van der Waals surface area (Å²) in [6, 6.07) is 13.2. The number of aryl methyl sites for hydroxylation is 1. The number of hydrogen-bond acceptors (Lipinski definition) is 5. The molecule has 1 aromatic carbocycles. The van der Waals surface area contributed by atoms with E-state index < -0.39 is 0 Å². The number of anilines is 3. The van der Waals surface area contributed by atoms with E-state index in [0.29, 0.717) is 11.6 Å². The number of aromatic nitrogens is 4. The zero-order valence-electron chi connectivity index (χ0n) is 15.2. The maximum absolute atomic E-state index is 12.2. The van der Waals surface area contributed by atoms with Crippen LogP contribution in [-0.4, -0.2) is 25.9 Å². The molecule has 3 aromatic rings. The van der Waals surface area contributed by atoms with E-state index in [1.165, 1.54) is 0 Å². The zero-order valence-corrected chi connectivity index (χ0v) is 15.2. The molecule has 0 radical (unpaired) electrons. The van der Waals surface area contributed by atoms with Gasteiger partial charge in [0.05, 0.1) is 5.69 Å². The van der Waals surface area contributed by atoms with Gasteiger partial charge in [0.1, 0.15) is 0 Å². The Balaban J connectivity index is 1.37. The van der Waals surface area contributed by atoms with Crippen molar-refractivity contribution in [1.29, 1.82) is 0 Å². The summed E-state index contributed by atoms with van der Waals surface area (Å²) >= 11 is 0. The second-order valence-electron chi connectivity index (χ2n) is 6.85. The van der Waals surface area contributed by atoms with Gasteiger partial charge in [0.2, 0.25) is 5.91 Å². The van der Waals surface area contributed by atoms with Gasteiger partial charge < -0.3 is 10.6 Å². The summed E-state index contributed by atoms with van der Waals surface area (Å²) in [4.78, 5) is 12.2. The summed E-state index contributed by atoms with van der Waals surface area (Å²) in [5, 5.41) is 18.9. The number of carbonyl (C=O) groups excluding carboxylic acids is 1. The number of nitrogens with one attached hydrogen (secondary N) is 2. The number of amides is 1. The summed E-state index contributed by atoms with van der Waals surface area (Å²) in [6.07, 6.45) is 6.16. The van der Waals surface area contributed by atoms with Gasteiger partial charge >= 0.3 is 0 Å². The molecule has 1 saturated carbocycles. The highest BCUT2D eigenvalue weighted by atomic mass is 16.1. The van der Waals surface area contributed by atoms with Crippen LogP contribution < -0.4 is 10.6 Å². The van der Waals surface area contributed by atoms with Crippen LogP contribution in [0.5, 0.6) is 0 Å². The Hall–Kier alpha value is -3.22. The van der Waals surface area contributed by atoms with Gasteiger partial charge in [-0.15, -0.1) is 10.2 Å². The molecular weight excluding hydrogens is 340 g/mol. The van der Waals surface area contributed by atoms with Crippen molar-refractivity contribution in [3.8, 4) is 5.82 Å². The number of nitrogens with zero attached hydrogens (tertiary/aromatic N) is 4. The Morgan fingerprint density at radius 1 is 1.00 bits per heavy atom. The van der Waals surface area contributed by atoms with Crippen LogP contribution in [0.1, 0.15) is 31.4 Å². The number of hydrogen-bond donors (Lipinski definition) is 2. The molecule has 4 rings (SSSR count). The average Bonchev–Trinajstić information content (AvgIpc) is 3.36. The molecule has 0 bridgehead atoms. The highest BCUT2D eigenvalue weighted by Gasteiger charge is 2.22. The van der Waals surface area contributed by atoms with E-state index in [9.17, 15) is 4.79 Å². The molecule has 7 heteroatoms. The maximum Gasteiger partial charge on any atom is 0.227 e. The topological polar surface area (TPSA) is 84.7 Å². The monoisotopic (exact) mass is 362 g/mol. The van der Waals surface area contributed by atoms with Crippen LogP contribution in [0.15, 0.2) is 48.7 Å². The largest absolute Gasteiger partial charge is 0.339 e. The molecule has 138 valence electrons. The minimum absolute atomic E-state index is 0.128. The fourth-order valence-corrected chi connectivity index (χ4v) is 3.27. The molecule has 27 heavy (non-hydrogen) atoms. The third-order valence-electron chi connectivity index (χ3n) is 4.76. The van der Waals surface area contributed by atoms with Crippen LogP contribution in [0.25, 0.3) is 5.82 Å². The number of carbonyl (C=O) groups is 1. The van der Waals surface area contributed by atoms with Crippen LogP contribution in [0.4, 0.5) is 17.2 Å². The van der Waals surface area contributed by atoms with Crippen molar-refractivity contribution in [2.45, 2.75) is 32.6 Å². The second kappa shape index (κ2) is 7.57. The van der Waals surface area contributed by atoms with E-state index in [4.69, 9.17) is 0 Å². The molecule has 1 amide bonds. The lowest BCUT2D eigenvalue weighted by Gasteiger charge is -2.11. The fraction of sp³-hybridized carbons (Fsp3) is 0.300. The van der Waals surface area contributed by atoms with Crippen molar-refractivity contribution in [3.05, 3.63) is 54.4 Å². The lowest BCUT2D eigenvalue weighted by atomic mass is 10.1. The van der Waals surface area contributed by atoms with Gasteiger partial charge in [0.15, 0.2) is 11.6 Å². The van der Waals surface area contributed by atoms with Crippen molar-refractivity contribution < 1.29 is 4.79 Å². The SMILES string of the molecule is Cc1ccn(-c2ccc(Nc3ccc(NC(=O)C4CCCC4)cc3)nn2)n1. The Bertz CT molecular complexity index is 910. The Morgan fingerprint density at radius 2 is 1.74 bits per heavy atom. The van der Waals surface area contributed by atoms with Gasteiger partial charge in [0.25, 0.3) is 0 Å². The van der Waals surface area contributed by atoms with E-state index in [0.717, 1.165) is 42.8 Å². The average molecular weight is 362 g/mol. The normalized spacial score (nSPS) is 14.3. The zero-order chi connectivity index (χ0) is 18.6. The van der Waals surface area contributed by atoms with Crippen molar-refractivity contribution in [3.63, 3.8) is 0 Å². The van der Waals surface area contributed by atoms with Crippen LogP contribution in [0.2, 0.25) is 0 Å². The predicted octanol–water partition coefficient (Wildman–Crippen LogP) is 3.84. The van der Waals surface area contributed by atoms with E-state index >= 15 is 0 Å². The highest BCUT2D eigenvalue weighted by molar-refractivity contribution is 5.92. The first-order valence-electron chi connectivity index (χ1n) is 9.22. The van der Waals surface area contributed by atoms with E-state index in [1.54, 1.807) is 4.68 Å². The van der Waals surface area contributed by atoms with E-state index in [-0.39, 0.29) is 11.8 Å². The van der Waals surface area contributed by atoms with Crippen LogP contribution in [0.3, 0.4) is 0 Å². The molecule has 0 unspecified atom stereocenters. The molecule has 1 fully saturated rings. The molecule has 1 aliphatic rings. The number of rotatable bonds is 5. The van der Waals surface area contributed by atoms with Gasteiger partial charge in [-0.2, -0.15) is 5.10 Å². The van der Waals surface area contributed by atoms with Crippen molar-refractivity contribution in [2.75, 3.05) is 10.6 Å². The van der Waals surface area contributed by atoms with Crippen molar-refractivity contribution in [1.82, 2.24) is 20.0 Å². The molecule has 0 spiro atoms. The lowest BCUT2D eigenvalue weighted by molar-refractivity contribution is -0.119. The second-order valence-corrected chi connectivity index (χ2v) is 6.85. The Labute approximate surface area is 157 Å². The maximum atomic E-state index is 12.2. The molecule has 0 saturated heterocycles. The molecule has 2 aromatic heterocycles. The van der Waals surface area contributed by atoms with Gasteiger partial charge in [-0.1, -0.05) is 12.8 Å². The minimum atomic E-state index is 0.128. The smallest absolute Gasteiger partial charge is 0.227 e. The van der Waals surface area contributed by atoms with Gasteiger partial charge in [-0.3, -0.25) is 4.79 Å². The first-order valence-corrected chi connectivity index (χ1v) is 9.22. The Morgan fingerprint density at radius 3 is 2.37 bits per heavy atom. The highest BCUT2D eigenvalue weighted by Crippen LogP contribution is 2.26. The van der Waals surface area contributed by atoms with Gasteiger partial charge in [0, 0.05) is 23.5 Å². The summed E-state index contributed by atoms with van der Waals surface area (Å²) in [5.74, 6) is 1.60. The van der Waals surface area contributed by atoms with E-state index in [2.05, 4.69) is 25.9 Å². The third kappa shape index (κ3) is 4.13. The predicted molar refractivity (Wildman–Crippen MR) is 104 cm³/mol. The minimum Gasteiger partial charge on any atom is -0.339 e. The molecule has 7 nitrogen and oxygen atoms in total. The molecule has 0 atom stereocenters. The van der Waals surface area contributed by atoms with Crippen molar-refractivity contribution in [2.24, 2.45) is 5.92 Å². The molecule has 2 heterocycles. The lowest BCUT2D eigenvalue weighted by Crippen LogP contribution is -2.20. The molecular formula is C20H22N6O. The first kappa shape index (κ1) is 17.2. The summed E-state index contributed by atoms with van der Waals surface area (Å²) in [6.45, 7) is 1.93. The summed E-state index contributed by atoms with van der Waals surface area (Å²) < 4.78 is 1.69. The van der Waals surface area contributed by atoms with Crippen molar-refractivity contribution >= 4 is 23.1 Å². The van der Waals surface area contributed by atoms with Crippen LogP contribution in [-0.2, 0) is 4.79 Å². The fourth-order valence-electron chi connectivity index (χ4n) is 3.27. The van der Waals surface area contributed by atoms with E-state index in [1.807, 2.05) is 55.6 Å². The van der Waals surface area contributed by atoms with Crippen LogP contribution in [0, 0.1) is 12.8 Å². The Kier molecular flexibility index (Phi) is 4.82. The third-order valence-corrected chi connectivity index (χ3v) is 4.76. The summed E-state index contributed by atoms with van der Waals surface area (Å²) in [5.41, 5.74) is 2.62. The standard InChI is InChI=1S/C20H22N6O/c1-14-12-13-26(25-14)19-11-10-18(23-24-19)21-16-6-8-17(9-7-16)22-20(27)15-4-2-3-5-15/h6-13,15H,2-5H2,1H3,(H,21,23)(H,22,27). The molecule has 0 aliphatic heterocycles. The first-order chi connectivity index (χ1) is 13.2. The van der Waals surface area contributed by atoms with Gasteiger partial charge in [-0.05, 0) is 62.2 Å². The molecule has 2 N–H and O–H groups in total. The van der Waals surface area contributed by atoms with Crippen LogP contribution >= 0.6 is 0 Å². The quantitative estimate of drug-likeness (QED) is 0.720. The van der Waals surface area contributed by atoms with Gasteiger partial charge in [-0.25, -0.2) is 4.68 Å².